The molecule has 1 unspecified atom stereocenters. The number of likely N-dealkylation sites (N-methyl/N-ethyl adjacent to an activating group) is 1. The number of rotatable bonds is 5. The Bertz CT molecular complexity index is 619. The normalized spacial score (nSPS) is 12.2. The van der Waals surface area contributed by atoms with Gasteiger partial charge in [-0.3, -0.25) is 0 Å². The molecule has 0 aromatic heterocycles. The Morgan fingerprint density at radius 1 is 1.00 bits per heavy atom. The second-order valence-corrected chi connectivity index (χ2v) is 5.70. The number of aryl methyl sites for hydroxylation is 3. The van der Waals surface area contributed by atoms with Gasteiger partial charge in [0.2, 0.25) is 0 Å². The summed E-state index contributed by atoms with van der Waals surface area (Å²) in [4.78, 5) is 0. The van der Waals surface area contributed by atoms with Gasteiger partial charge in [-0.25, -0.2) is 0 Å². The van der Waals surface area contributed by atoms with Crippen molar-refractivity contribution in [2.75, 3.05) is 14.2 Å². The first-order valence-electron chi connectivity index (χ1n) is 7.43. The Labute approximate surface area is 128 Å². The standard InChI is InChI=1S/C19H25NO/c1-13-6-9-19(21-5)17(10-13)12-18(20-4)16-8-7-14(2)15(3)11-16/h6-11,18,20H,12H2,1-5H3. The second kappa shape index (κ2) is 6.77. The summed E-state index contributed by atoms with van der Waals surface area (Å²) in [5.74, 6) is 0.963. The molecule has 0 saturated heterocycles. The smallest absolute Gasteiger partial charge is 0.122 e. The van der Waals surface area contributed by atoms with Crippen molar-refractivity contribution in [1.82, 2.24) is 5.32 Å². The highest BCUT2D eigenvalue weighted by Gasteiger charge is 2.14. The Kier molecular flexibility index (Phi) is 5.03. The van der Waals surface area contributed by atoms with Gasteiger partial charge in [-0.15, -0.1) is 0 Å². The molecule has 21 heavy (non-hydrogen) atoms. The molecule has 2 rings (SSSR count). The summed E-state index contributed by atoms with van der Waals surface area (Å²) in [5, 5.41) is 3.43. The Morgan fingerprint density at radius 3 is 2.38 bits per heavy atom. The minimum Gasteiger partial charge on any atom is -0.496 e. The fourth-order valence-electron chi connectivity index (χ4n) is 2.65. The molecule has 1 N–H and O–H groups in total. The first-order valence-corrected chi connectivity index (χ1v) is 7.43. The van der Waals surface area contributed by atoms with Crippen LogP contribution in [0.4, 0.5) is 0 Å². The fourth-order valence-corrected chi connectivity index (χ4v) is 2.65. The number of benzene rings is 2. The average molecular weight is 283 g/mol. The molecular formula is C19H25NO. The van der Waals surface area contributed by atoms with Gasteiger partial charge in [0.05, 0.1) is 7.11 Å². The molecule has 2 nitrogen and oxygen atoms in total. The number of hydrogen-bond donors (Lipinski definition) is 1. The minimum absolute atomic E-state index is 0.292. The highest BCUT2D eigenvalue weighted by Crippen LogP contribution is 2.27. The van der Waals surface area contributed by atoms with Crippen molar-refractivity contribution < 1.29 is 4.74 Å². The molecule has 0 saturated carbocycles. The Morgan fingerprint density at radius 2 is 1.76 bits per heavy atom. The predicted octanol–water partition coefficient (Wildman–Crippen LogP) is 4.12. The lowest BCUT2D eigenvalue weighted by Crippen LogP contribution is -2.19. The van der Waals surface area contributed by atoms with Gasteiger partial charge in [-0.1, -0.05) is 35.9 Å². The van der Waals surface area contributed by atoms with E-state index in [0.29, 0.717) is 6.04 Å². The van der Waals surface area contributed by atoms with E-state index in [-0.39, 0.29) is 0 Å². The quantitative estimate of drug-likeness (QED) is 0.891. The molecule has 0 amide bonds. The zero-order chi connectivity index (χ0) is 15.4. The van der Waals surface area contributed by atoms with E-state index >= 15 is 0 Å². The number of hydrogen-bond acceptors (Lipinski definition) is 2. The molecule has 0 bridgehead atoms. The largest absolute Gasteiger partial charge is 0.496 e. The van der Waals surface area contributed by atoms with Gasteiger partial charge in [0, 0.05) is 6.04 Å². The van der Waals surface area contributed by atoms with Crippen molar-refractivity contribution in [2.45, 2.75) is 33.2 Å². The monoisotopic (exact) mass is 283 g/mol. The van der Waals surface area contributed by atoms with Gasteiger partial charge < -0.3 is 10.1 Å². The minimum atomic E-state index is 0.292. The molecule has 2 aromatic carbocycles. The second-order valence-electron chi connectivity index (χ2n) is 5.70. The van der Waals surface area contributed by atoms with Crippen LogP contribution in [0.3, 0.4) is 0 Å². The van der Waals surface area contributed by atoms with E-state index in [4.69, 9.17) is 4.74 Å². The third-order valence-electron chi connectivity index (χ3n) is 4.14. The fraction of sp³-hybridized carbons (Fsp3) is 0.368. The Balaban J connectivity index is 2.30. The van der Waals surface area contributed by atoms with Crippen LogP contribution in [0.5, 0.6) is 5.75 Å². The van der Waals surface area contributed by atoms with Crippen LogP contribution >= 0.6 is 0 Å². The molecule has 0 radical (unpaired) electrons. The van der Waals surface area contributed by atoms with Crippen LogP contribution in [0.2, 0.25) is 0 Å². The summed E-state index contributed by atoms with van der Waals surface area (Å²) >= 11 is 0. The number of nitrogens with one attached hydrogen (secondary N) is 1. The molecule has 0 spiro atoms. The number of ether oxygens (including phenoxy) is 1. The van der Waals surface area contributed by atoms with Gasteiger partial charge in [-0.05, 0) is 62.6 Å². The van der Waals surface area contributed by atoms with Crippen LogP contribution in [0, 0.1) is 20.8 Å². The maximum atomic E-state index is 5.50. The summed E-state index contributed by atoms with van der Waals surface area (Å²) in [5.41, 5.74) is 6.51. The molecule has 0 fully saturated rings. The van der Waals surface area contributed by atoms with Crippen molar-refractivity contribution in [2.24, 2.45) is 0 Å². The molecule has 0 aliphatic carbocycles. The lowest BCUT2D eigenvalue weighted by Gasteiger charge is -2.20. The van der Waals surface area contributed by atoms with E-state index in [1.807, 2.05) is 7.05 Å². The summed E-state index contributed by atoms with van der Waals surface area (Å²) in [6, 6.07) is 13.3. The van der Waals surface area contributed by atoms with Gasteiger partial charge in [-0.2, -0.15) is 0 Å². The summed E-state index contributed by atoms with van der Waals surface area (Å²) in [6.45, 7) is 6.43. The molecule has 1 atom stereocenters. The van der Waals surface area contributed by atoms with Crippen molar-refractivity contribution in [3.63, 3.8) is 0 Å². The highest BCUT2D eigenvalue weighted by molar-refractivity contribution is 5.39. The Hall–Kier alpha value is -1.80. The summed E-state index contributed by atoms with van der Waals surface area (Å²) in [7, 11) is 3.75. The predicted molar refractivity (Wildman–Crippen MR) is 89.2 cm³/mol. The zero-order valence-corrected chi connectivity index (χ0v) is 13.7. The molecule has 112 valence electrons. The summed E-state index contributed by atoms with van der Waals surface area (Å²) < 4.78 is 5.50. The van der Waals surface area contributed by atoms with Crippen molar-refractivity contribution >= 4 is 0 Å². The van der Waals surface area contributed by atoms with Crippen LogP contribution in [0.25, 0.3) is 0 Å². The van der Waals surface area contributed by atoms with Crippen molar-refractivity contribution in [3.8, 4) is 5.75 Å². The first kappa shape index (κ1) is 15.6. The van der Waals surface area contributed by atoms with Crippen LogP contribution in [0.1, 0.15) is 33.9 Å². The van der Waals surface area contributed by atoms with Gasteiger partial charge in [0.15, 0.2) is 0 Å². The first-order chi connectivity index (χ1) is 10.0. The van der Waals surface area contributed by atoms with Crippen LogP contribution < -0.4 is 10.1 Å². The highest BCUT2D eigenvalue weighted by atomic mass is 16.5. The van der Waals surface area contributed by atoms with Gasteiger partial charge in [0.1, 0.15) is 5.75 Å². The van der Waals surface area contributed by atoms with Crippen molar-refractivity contribution in [1.29, 1.82) is 0 Å². The van der Waals surface area contributed by atoms with E-state index < -0.39 is 0 Å². The van der Waals surface area contributed by atoms with Crippen LogP contribution in [-0.4, -0.2) is 14.2 Å². The van der Waals surface area contributed by atoms with E-state index in [9.17, 15) is 0 Å². The van der Waals surface area contributed by atoms with Crippen molar-refractivity contribution in [3.05, 3.63) is 64.2 Å². The lowest BCUT2D eigenvalue weighted by molar-refractivity contribution is 0.406. The third kappa shape index (κ3) is 3.64. The van der Waals surface area contributed by atoms with Gasteiger partial charge >= 0.3 is 0 Å². The zero-order valence-electron chi connectivity index (χ0n) is 13.7. The third-order valence-corrected chi connectivity index (χ3v) is 4.14. The summed E-state index contributed by atoms with van der Waals surface area (Å²) in [6.07, 6.45) is 0.920. The van der Waals surface area contributed by atoms with E-state index in [0.717, 1.165) is 12.2 Å². The van der Waals surface area contributed by atoms with E-state index in [2.05, 4.69) is 62.5 Å². The number of methoxy groups -OCH3 is 1. The molecule has 0 heterocycles. The SMILES string of the molecule is CNC(Cc1cc(C)ccc1OC)c1ccc(C)c(C)c1. The average Bonchev–Trinajstić information content (AvgIpc) is 2.48. The maximum absolute atomic E-state index is 5.50. The van der Waals surface area contributed by atoms with E-state index in [1.54, 1.807) is 7.11 Å². The topological polar surface area (TPSA) is 21.3 Å². The maximum Gasteiger partial charge on any atom is 0.122 e. The van der Waals surface area contributed by atoms with Crippen LogP contribution in [-0.2, 0) is 6.42 Å². The van der Waals surface area contributed by atoms with Gasteiger partial charge in [0.25, 0.3) is 0 Å². The van der Waals surface area contributed by atoms with Crippen LogP contribution in [0.15, 0.2) is 36.4 Å². The van der Waals surface area contributed by atoms with E-state index in [1.165, 1.54) is 27.8 Å². The molecule has 0 aliphatic heterocycles. The molecule has 0 aliphatic rings. The lowest BCUT2D eigenvalue weighted by atomic mass is 9.95. The molecular weight excluding hydrogens is 258 g/mol. The molecule has 2 aromatic rings. The molecule has 2 heteroatoms.